The monoisotopic (exact) mass is 364 g/mol. The van der Waals surface area contributed by atoms with Gasteiger partial charge in [-0.1, -0.05) is 84.9 Å². The third-order valence-electron chi connectivity index (χ3n) is 5.04. The molecule has 28 heavy (non-hydrogen) atoms. The second-order valence-corrected chi connectivity index (χ2v) is 7.16. The summed E-state index contributed by atoms with van der Waals surface area (Å²) in [6.07, 6.45) is 0.846. The summed E-state index contributed by atoms with van der Waals surface area (Å²) in [5.74, 6) is 0. The molecular formula is C26H24N2. The van der Waals surface area contributed by atoms with E-state index in [1.54, 1.807) is 0 Å². The summed E-state index contributed by atoms with van der Waals surface area (Å²) in [5.41, 5.74) is 14.4. The smallest absolute Gasteiger partial charge is 0.0705 e. The van der Waals surface area contributed by atoms with Crippen molar-refractivity contribution in [2.45, 2.75) is 19.4 Å². The van der Waals surface area contributed by atoms with Gasteiger partial charge in [0.25, 0.3) is 0 Å². The van der Waals surface area contributed by atoms with Gasteiger partial charge in [0.15, 0.2) is 0 Å². The molecule has 1 aromatic heterocycles. The van der Waals surface area contributed by atoms with Crippen LogP contribution in [-0.4, -0.2) is 4.98 Å². The van der Waals surface area contributed by atoms with Crippen LogP contribution in [-0.2, 0) is 6.42 Å². The van der Waals surface area contributed by atoms with Gasteiger partial charge < -0.3 is 5.73 Å². The molecule has 0 bridgehead atoms. The number of aromatic nitrogens is 1. The zero-order chi connectivity index (χ0) is 19.3. The minimum absolute atomic E-state index is 0.00576. The van der Waals surface area contributed by atoms with E-state index in [1.807, 2.05) is 31.2 Å². The van der Waals surface area contributed by atoms with Crippen LogP contribution >= 0.6 is 0 Å². The van der Waals surface area contributed by atoms with Crippen molar-refractivity contribution in [1.82, 2.24) is 4.98 Å². The Morgan fingerprint density at radius 1 is 0.679 bits per heavy atom. The standard InChI is InChI=1S/C26H24N2/c1-19-6-5-9-26(28-19)24-16-12-22(13-17-24)21-10-14-23(15-11-21)25(27)18-20-7-3-2-4-8-20/h2-17,25H,18,27H2,1H3. The van der Waals surface area contributed by atoms with E-state index in [0.717, 1.165) is 28.9 Å². The van der Waals surface area contributed by atoms with Gasteiger partial charge in [-0.15, -0.1) is 0 Å². The predicted molar refractivity (Wildman–Crippen MR) is 117 cm³/mol. The molecule has 2 N–H and O–H groups in total. The normalized spacial score (nSPS) is 11.9. The molecule has 0 amide bonds. The minimum atomic E-state index is 0.00576. The van der Waals surface area contributed by atoms with Crippen LogP contribution in [0.3, 0.4) is 0 Å². The lowest BCUT2D eigenvalue weighted by Crippen LogP contribution is -2.13. The van der Waals surface area contributed by atoms with Crippen molar-refractivity contribution < 1.29 is 0 Å². The summed E-state index contributed by atoms with van der Waals surface area (Å²) in [6, 6.07) is 33.7. The second-order valence-electron chi connectivity index (χ2n) is 7.16. The van der Waals surface area contributed by atoms with E-state index >= 15 is 0 Å². The molecule has 1 unspecified atom stereocenters. The van der Waals surface area contributed by atoms with Crippen LogP contribution in [0.25, 0.3) is 22.4 Å². The molecule has 2 nitrogen and oxygen atoms in total. The van der Waals surface area contributed by atoms with Crippen LogP contribution < -0.4 is 5.73 Å². The van der Waals surface area contributed by atoms with Crippen LogP contribution in [0.5, 0.6) is 0 Å². The molecule has 0 aliphatic heterocycles. The first-order valence-electron chi connectivity index (χ1n) is 9.63. The van der Waals surface area contributed by atoms with Crippen molar-refractivity contribution in [2.24, 2.45) is 5.73 Å². The summed E-state index contributed by atoms with van der Waals surface area (Å²) in [7, 11) is 0. The summed E-state index contributed by atoms with van der Waals surface area (Å²) in [5, 5.41) is 0. The van der Waals surface area contributed by atoms with Crippen LogP contribution in [0.4, 0.5) is 0 Å². The van der Waals surface area contributed by atoms with Crippen molar-refractivity contribution >= 4 is 0 Å². The lowest BCUT2D eigenvalue weighted by molar-refractivity contribution is 0.722. The Balaban J connectivity index is 1.49. The molecule has 0 aliphatic carbocycles. The minimum Gasteiger partial charge on any atom is -0.324 e. The molecular weight excluding hydrogens is 340 g/mol. The first-order chi connectivity index (χ1) is 13.7. The first kappa shape index (κ1) is 18.1. The quantitative estimate of drug-likeness (QED) is 0.474. The van der Waals surface area contributed by atoms with Gasteiger partial charge in [-0.05, 0) is 47.7 Å². The van der Waals surface area contributed by atoms with Crippen LogP contribution in [0.2, 0.25) is 0 Å². The molecule has 4 aromatic rings. The molecule has 0 saturated carbocycles. The Labute approximate surface area is 166 Å². The summed E-state index contributed by atoms with van der Waals surface area (Å²) in [4.78, 5) is 4.60. The van der Waals surface area contributed by atoms with Crippen LogP contribution in [0, 0.1) is 6.92 Å². The third kappa shape index (κ3) is 4.19. The van der Waals surface area contributed by atoms with Crippen LogP contribution in [0.1, 0.15) is 22.9 Å². The Hall–Kier alpha value is -3.23. The number of nitrogens with two attached hydrogens (primary N) is 1. The maximum Gasteiger partial charge on any atom is 0.0705 e. The van der Waals surface area contributed by atoms with Gasteiger partial charge >= 0.3 is 0 Å². The number of pyridine rings is 1. The van der Waals surface area contributed by atoms with Crippen molar-refractivity contribution in [3.63, 3.8) is 0 Å². The summed E-state index contributed by atoms with van der Waals surface area (Å²) in [6.45, 7) is 2.02. The highest BCUT2D eigenvalue weighted by Gasteiger charge is 2.08. The maximum atomic E-state index is 6.41. The Kier molecular flexibility index (Phi) is 5.31. The molecule has 0 spiro atoms. The topological polar surface area (TPSA) is 38.9 Å². The van der Waals surface area contributed by atoms with E-state index in [2.05, 4.69) is 77.8 Å². The number of nitrogens with zero attached hydrogens (tertiary/aromatic N) is 1. The van der Waals surface area contributed by atoms with E-state index in [0.29, 0.717) is 0 Å². The lowest BCUT2D eigenvalue weighted by atomic mass is 9.96. The van der Waals surface area contributed by atoms with Gasteiger partial charge in [-0.25, -0.2) is 0 Å². The fourth-order valence-corrected chi connectivity index (χ4v) is 3.45. The van der Waals surface area contributed by atoms with E-state index in [-0.39, 0.29) is 6.04 Å². The highest BCUT2D eigenvalue weighted by atomic mass is 14.7. The molecule has 3 aromatic carbocycles. The number of hydrogen-bond acceptors (Lipinski definition) is 2. The Morgan fingerprint density at radius 2 is 1.29 bits per heavy atom. The SMILES string of the molecule is Cc1cccc(-c2ccc(-c3ccc(C(N)Cc4ccccc4)cc3)cc2)n1. The average Bonchev–Trinajstić information content (AvgIpc) is 2.75. The number of hydrogen-bond donors (Lipinski definition) is 1. The molecule has 1 atom stereocenters. The predicted octanol–water partition coefficient (Wildman–Crippen LogP) is 5.97. The second kappa shape index (κ2) is 8.20. The number of benzene rings is 3. The van der Waals surface area contributed by atoms with Crippen LogP contribution in [0.15, 0.2) is 97.1 Å². The van der Waals surface area contributed by atoms with Crippen molar-refractivity contribution in [1.29, 1.82) is 0 Å². The van der Waals surface area contributed by atoms with E-state index in [9.17, 15) is 0 Å². The molecule has 1 heterocycles. The van der Waals surface area contributed by atoms with Gasteiger partial charge in [0.1, 0.15) is 0 Å². The third-order valence-corrected chi connectivity index (χ3v) is 5.04. The van der Waals surface area contributed by atoms with Crippen molar-refractivity contribution in [2.75, 3.05) is 0 Å². The molecule has 0 fully saturated rings. The molecule has 138 valence electrons. The average molecular weight is 364 g/mol. The zero-order valence-electron chi connectivity index (χ0n) is 16.0. The largest absolute Gasteiger partial charge is 0.324 e. The van der Waals surface area contributed by atoms with Crippen molar-refractivity contribution in [3.8, 4) is 22.4 Å². The van der Waals surface area contributed by atoms with Gasteiger partial charge in [-0.3, -0.25) is 4.98 Å². The Morgan fingerprint density at radius 3 is 1.93 bits per heavy atom. The Bertz CT molecular complexity index is 1040. The molecule has 0 radical (unpaired) electrons. The van der Waals surface area contributed by atoms with Gasteiger partial charge in [0.05, 0.1) is 5.69 Å². The maximum absolute atomic E-state index is 6.41. The van der Waals surface area contributed by atoms with E-state index < -0.39 is 0 Å². The number of aryl methyl sites for hydroxylation is 1. The van der Waals surface area contributed by atoms with Gasteiger partial charge in [0.2, 0.25) is 0 Å². The lowest BCUT2D eigenvalue weighted by Gasteiger charge is -2.13. The highest BCUT2D eigenvalue weighted by molar-refractivity contribution is 5.69. The van der Waals surface area contributed by atoms with E-state index in [1.165, 1.54) is 16.7 Å². The van der Waals surface area contributed by atoms with E-state index in [4.69, 9.17) is 5.73 Å². The van der Waals surface area contributed by atoms with Crippen molar-refractivity contribution in [3.05, 3.63) is 114 Å². The van der Waals surface area contributed by atoms with Gasteiger partial charge in [-0.2, -0.15) is 0 Å². The molecule has 4 rings (SSSR count). The summed E-state index contributed by atoms with van der Waals surface area (Å²) >= 11 is 0. The fourth-order valence-electron chi connectivity index (χ4n) is 3.45. The molecule has 0 saturated heterocycles. The highest BCUT2D eigenvalue weighted by Crippen LogP contribution is 2.26. The summed E-state index contributed by atoms with van der Waals surface area (Å²) < 4.78 is 0. The zero-order valence-corrected chi connectivity index (χ0v) is 16.0. The fraction of sp³-hybridized carbons (Fsp3) is 0.115. The first-order valence-corrected chi connectivity index (χ1v) is 9.63. The molecule has 2 heteroatoms. The molecule has 0 aliphatic rings. The number of rotatable bonds is 5. The van der Waals surface area contributed by atoms with Gasteiger partial charge in [0, 0.05) is 17.3 Å².